The number of benzene rings is 1. The summed E-state index contributed by atoms with van der Waals surface area (Å²) in [6.45, 7) is 1.98. The molecule has 1 aromatic carbocycles. The van der Waals surface area contributed by atoms with Crippen LogP contribution < -0.4 is 10.2 Å². The minimum Gasteiger partial charge on any atom is -0.409 e. The van der Waals surface area contributed by atoms with Crippen molar-refractivity contribution in [3.63, 3.8) is 0 Å². The maximum Gasteiger partial charge on any atom is 0.429 e. The van der Waals surface area contributed by atoms with E-state index in [1.807, 2.05) is 19.1 Å². The average molecular weight is 194 g/mol. The predicted octanol–water partition coefficient (Wildman–Crippen LogP) is 1.56. The van der Waals surface area contributed by atoms with E-state index < -0.39 is 6.09 Å². The average Bonchev–Trinajstić information content (AvgIpc) is 2.20. The number of nitrogens with one attached hydrogen (secondary N) is 1. The highest BCUT2D eigenvalue weighted by Gasteiger charge is 2.08. The van der Waals surface area contributed by atoms with Crippen LogP contribution in [-0.2, 0) is 0 Å². The molecule has 1 aromatic rings. The predicted molar refractivity (Wildman–Crippen MR) is 54.0 cm³/mol. The van der Waals surface area contributed by atoms with Gasteiger partial charge >= 0.3 is 6.09 Å². The minimum atomic E-state index is -0.434. The summed E-state index contributed by atoms with van der Waals surface area (Å²) < 4.78 is 5.05. The first kappa shape index (κ1) is 10.5. The molecule has 0 atom stereocenters. The summed E-state index contributed by atoms with van der Waals surface area (Å²) in [5.41, 5.74) is 3.79. The summed E-state index contributed by atoms with van der Waals surface area (Å²) in [5.74, 6) is 0.544. The van der Waals surface area contributed by atoms with E-state index in [4.69, 9.17) is 4.74 Å². The second-order valence-corrected chi connectivity index (χ2v) is 2.96. The monoisotopic (exact) mass is 194 g/mol. The van der Waals surface area contributed by atoms with Crippen LogP contribution in [0.4, 0.5) is 4.79 Å². The molecule has 1 rings (SSSR count). The second-order valence-electron chi connectivity index (χ2n) is 2.96. The molecule has 0 heterocycles. The Morgan fingerprint density at radius 3 is 2.43 bits per heavy atom. The molecule has 0 aromatic heterocycles. The fraction of sp³-hybridized carbons (Fsp3) is 0.300. The van der Waals surface area contributed by atoms with Gasteiger partial charge in [0.1, 0.15) is 5.75 Å². The zero-order valence-electron chi connectivity index (χ0n) is 8.57. The zero-order valence-corrected chi connectivity index (χ0v) is 8.57. The van der Waals surface area contributed by atoms with Gasteiger partial charge in [0.2, 0.25) is 0 Å². The lowest BCUT2D eigenvalue weighted by molar-refractivity contribution is 0.147. The molecule has 0 aliphatic heterocycles. The molecule has 76 valence electrons. The Kier molecular flexibility index (Phi) is 3.48. The summed E-state index contributed by atoms with van der Waals surface area (Å²) in [6.07, 6.45) is -0.434. The van der Waals surface area contributed by atoms with E-state index >= 15 is 0 Å². The molecule has 1 N–H and O–H groups in total. The van der Waals surface area contributed by atoms with Gasteiger partial charge in [-0.1, -0.05) is 17.7 Å². The van der Waals surface area contributed by atoms with Crippen LogP contribution in [-0.4, -0.2) is 25.2 Å². The third-order valence-corrected chi connectivity index (χ3v) is 1.84. The highest BCUT2D eigenvalue weighted by Crippen LogP contribution is 2.11. The SMILES string of the molecule is CNN(C)C(=O)Oc1ccc(C)cc1. The van der Waals surface area contributed by atoms with E-state index in [-0.39, 0.29) is 0 Å². The highest BCUT2D eigenvalue weighted by molar-refractivity contribution is 5.69. The summed E-state index contributed by atoms with van der Waals surface area (Å²) in [4.78, 5) is 11.3. The first-order valence-corrected chi connectivity index (χ1v) is 4.33. The summed E-state index contributed by atoms with van der Waals surface area (Å²) in [7, 11) is 3.24. The normalized spacial score (nSPS) is 9.64. The van der Waals surface area contributed by atoms with E-state index in [2.05, 4.69) is 5.43 Å². The number of aryl methyl sites for hydroxylation is 1. The second kappa shape index (κ2) is 4.62. The van der Waals surface area contributed by atoms with Gasteiger partial charge in [-0.15, -0.1) is 0 Å². The van der Waals surface area contributed by atoms with Gasteiger partial charge in [0, 0.05) is 14.1 Å². The molecule has 4 heteroatoms. The van der Waals surface area contributed by atoms with Gasteiger partial charge in [0.25, 0.3) is 0 Å². The molecule has 0 saturated carbocycles. The number of carbonyl (C=O) groups is 1. The quantitative estimate of drug-likeness (QED) is 0.726. The number of hydrogen-bond acceptors (Lipinski definition) is 3. The number of ether oxygens (including phenoxy) is 1. The standard InChI is InChI=1S/C10H14N2O2/c1-8-4-6-9(7-5-8)14-10(13)12(3)11-2/h4-7,11H,1-3H3. The summed E-state index contributed by atoms with van der Waals surface area (Å²) >= 11 is 0. The molecule has 0 unspecified atom stereocenters. The van der Waals surface area contributed by atoms with Crippen molar-refractivity contribution in [2.45, 2.75) is 6.92 Å². The Balaban J connectivity index is 2.60. The lowest BCUT2D eigenvalue weighted by atomic mass is 10.2. The molecule has 0 radical (unpaired) electrons. The molecular formula is C10H14N2O2. The Morgan fingerprint density at radius 2 is 1.93 bits per heavy atom. The molecule has 0 aliphatic carbocycles. The lowest BCUT2D eigenvalue weighted by Crippen LogP contribution is -2.38. The van der Waals surface area contributed by atoms with E-state index in [0.29, 0.717) is 5.75 Å². The Bertz CT molecular complexity index is 308. The number of nitrogens with zero attached hydrogens (tertiary/aromatic N) is 1. The number of rotatable bonds is 2. The van der Waals surface area contributed by atoms with Crippen LogP contribution in [0.15, 0.2) is 24.3 Å². The first-order chi connectivity index (χ1) is 6.63. The molecule has 14 heavy (non-hydrogen) atoms. The van der Waals surface area contributed by atoms with Gasteiger partial charge in [-0.2, -0.15) is 0 Å². The minimum absolute atomic E-state index is 0.434. The fourth-order valence-corrected chi connectivity index (χ4v) is 0.867. The van der Waals surface area contributed by atoms with Crippen molar-refractivity contribution in [3.8, 4) is 5.75 Å². The van der Waals surface area contributed by atoms with Crippen LogP contribution in [0.1, 0.15) is 5.56 Å². The fourth-order valence-electron chi connectivity index (χ4n) is 0.867. The number of carbonyl (C=O) groups excluding carboxylic acids is 1. The van der Waals surface area contributed by atoms with E-state index in [1.54, 1.807) is 26.2 Å². The molecular weight excluding hydrogens is 180 g/mol. The van der Waals surface area contributed by atoms with Crippen molar-refractivity contribution in [1.82, 2.24) is 10.4 Å². The molecule has 0 fully saturated rings. The topological polar surface area (TPSA) is 41.6 Å². The summed E-state index contributed by atoms with van der Waals surface area (Å²) in [6, 6.07) is 7.30. The number of hydrazine groups is 1. The molecule has 1 amide bonds. The van der Waals surface area contributed by atoms with Crippen molar-refractivity contribution >= 4 is 6.09 Å². The maximum atomic E-state index is 11.3. The smallest absolute Gasteiger partial charge is 0.409 e. The molecule has 0 aliphatic rings. The van der Waals surface area contributed by atoms with Gasteiger partial charge in [-0.3, -0.25) is 0 Å². The highest BCUT2D eigenvalue weighted by atomic mass is 16.6. The van der Waals surface area contributed by atoms with Gasteiger partial charge in [0.15, 0.2) is 0 Å². The van der Waals surface area contributed by atoms with Crippen LogP contribution in [0.5, 0.6) is 5.75 Å². The Hall–Kier alpha value is -1.55. The van der Waals surface area contributed by atoms with Gasteiger partial charge in [-0.05, 0) is 19.1 Å². The molecule has 0 saturated heterocycles. The molecule has 0 spiro atoms. The van der Waals surface area contributed by atoms with Gasteiger partial charge in [0.05, 0.1) is 0 Å². The summed E-state index contributed by atoms with van der Waals surface area (Å²) in [5, 5.41) is 1.26. The van der Waals surface area contributed by atoms with Crippen LogP contribution in [0.2, 0.25) is 0 Å². The Labute approximate surface area is 83.4 Å². The maximum absolute atomic E-state index is 11.3. The Morgan fingerprint density at radius 1 is 1.36 bits per heavy atom. The van der Waals surface area contributed by atoms with E-state index in [0.717, 1.165) is 5.56 Å². The van der Waals surface area contributed by atoms with Crippen molar-refractivity contribution in [2.75, 3.05) is 14.1 Å². The lowest BCUT2D eigenvalue weighted by Gasteiger charge is -2.14. The molecule has 4 nitrogen and oxygen atoms in total. The van der Waals surface area contributed by atoms with Crippen molar-refractivity contribution in [1.29, 1.82) is 0 Å². The molecule has 0 bridgehead atoms. The first-order valence-electron chi connectivity index (χ1n) is 4.33. The largest absolute Gasteiger partial charge is 0.429 e. The number of hydrogen-bond donors (Lipinski definition) is 1. The van der Waals surface area contributed by atoms with Crippen LogP contribution >= 0.6 is 0 Å². The van der Waals surface area contributed by atoms with Crippen molar-refractivity contribution in [2.24, 2.45) is 0 Å². The van der Waals surface area contributed by atoms with Crippen molar-refractivity contribution in [3.05, 3.63) is 29.8 Å². The zero-order chi connectivity index (χ0) is 10.6. The van der Waals surface area contributed by atoms with E-state index in [1.165, 1.54) is 5.01 Å². The van der Waals surface area contributed by atoms with Crippen molar-refractivity contribution < 1.29 is 9.53 Å². The van der Waals surface area contributed by atoms with Crippen LogP contribution in [0.25, 0.3) is 0 Å². The van der Waals surface area contributed by atoms with Gasteiger partial charge in [-0.25, -0.2) is 15.2 Å². The van der Waals surface area contributed by atoms with E-state index in [9.17, 15) is 4.79 Å². The van der Waals surface area contributed by atoms with Crippen LogP contribution in [0, 0.1) is 6.92 Å². The third kappa shape index (κ3) is 2.74. The third-order valence-electron chi connectivity index (χ3n) is 1.84. The van der Waals surface area contributed by atoms with Crippen LogP contribution in [0.3, 0.4) is 0 Å². The number of amides is 1. The van der Waals surface area contributed by atoms with Gasteiger partial charge < -0.3 is 4.74 Å².